The van der Waals surface area contributed by atoms with Gasteiger partial charge in [-0.05, 0) is 24.6 Å². The van der Waals surface area contributed by atoms with Gasteiger partial charge in [0.15, 0.2) is 0 Å². The Labute approximate surface area is 108 Å². The molecule has 0 spiro atoms. The fraction of sp³-hybridized carbons (Fsp3) is 0.143. The lowest BCUT2D eigenvalue weighted by Gasteiger charge is -2.05. The minimum atomic E-state index is -0.518. The molecule has 0 aliphatic heterocycles. The van der Waals surface area contributed by atoms with E-state index in [4.69, 9.17) is 0 Å². The van der Waals surface area contributed by atoms with Crippen LogP contribution in [0, 0.1) is 17.7 Å². The Kier molecular flexibility index (Phi) is 3.62. The van der Waals surface area contributed by atoms with E-state index >= 15 is 0 Å². The van der Waals surface area contributed by atoms with Crippen molar-refractivity contribution < 1.29 is 4.39 Å². The second-order valence-electron chi connectivity index (χ2n) is 3.93. The molecule has 0 amide bonds. The highest BCUT2D eigenvalue weighted by Crippen LogP contribution is 2.03. The smallest absolute Gasteiger partial charge is 0.295 e. The first-order valence-corrected chi connectivity index (χ1v) is 5.61. The van der Waals surface area contributed by atoms with Gasteiger partial charge < -0.3 is 0 Å². The average molecular weight is 258 g/mol. The van der Waals surface area contributed by atoms with Crippen LogP contribution >= 0.6 is 0 Å². The van der Waals surface area contributed by atoms with Crippen LogP contribution in [-0.4, -0.2) is 9.55 Å². The molecule has 0 aliphatic rings. The highest BCUT2D eigenvalue weighted by Gasteiger charge is 2.03. The normalized spacial score (nSPS) is 9.79. The van der Waals surface area contributed by atoms with Crippen LogP contribution in [-0.2, 0) is 6.54 Å². The zero-order valence-corrected chi connectivity index (χ0v) is 10.2. The summed E-state index contributed by atoms with van der Waals surface area (Å²) in [6, 6.07) is 5.80. The van der Waals surface area contributed by atoms with Gasteiger partial charge in [-0.25, -0.2) is 9.18 Å². The van der Waals surface area contributed by atoms with Crippen molar-refractivity contribution >= 4 is 0 Å². The van der Waals surface area contributed by atoms with Gasteiger partial charge in [-0.15, -0.1) is 5.92 Å². The summed E-state index contributed by atoms with van der Waals surface area (Å²) >= 11 is 0. The number of benzene rings is 1. The summed E-state index contributed by atoms with van der Waals surface area (Å²) in [4.78, 5) is 25.3. The molecular weight excluding hydrogens is 247 g/mol. The van der Waals surface area contributed by atoms with Crippen molar-refractivity contribution in [1.29, 1.82) is 0 Å². The maximum Gasteiger partial charge on any atom is 0.328 e. The lowest BCUT2D eigenvalue weighted by Crippen LogP contribution is -2.31. The van der Waals surface area contributed by atoms with Gasteiger partial charge in [0.25, 0.3) is 5.56 Å². The molecule has 0 fully saturated rings. The predicted octanol–water partition coefficient (Wildman–Crippen LogP) is 1.10. The van der Waals surface area contributed by atoms with Gasteiger partial charge in [0.1, 0.15) is 11.4 Å². The largest absolute Gasteiger partial charge is 0.328 e. The molecule has 2 aromatic rings. The summed E-state index contributed by atoms with van der Waals surface area (Å²) in [5.74, 6) is 4.89. The van der Waals surface area contributed by atoms with Crippen LogP contribution in [0.3, 0.4) is 0 Å². The Morgan fingerprint density at radius 2 is 1.95 bits per heavy atom. The van der Waals surface area contributed by atoms with E-state index in [9.17, 15) is 14.0 Å². The first kappa shape index (κ1) is 12.8. The van der Waals surface area contributed by atoms with E-state index in [1.54, 1.807) is 19.1 Å². The van der Waals surface area contributed by atoms with Gasteiger partial charge >= 0.3 is 5.69 Å². The summed E-state index contributed by atoms with van der Waals surface area (Å²) in [5, 5.41) is 0. The SMILES string of the molecule is CC#Cc1cn(Cc2ccc(F)cc2)c(=O)[nH]c1=O. The highest BCUT2D eigenvalue weighted by molar-refractivity contribution is 5.29. The van der Waals surface area contributed by atoms with Crippen LogP contribution in [0.5, 0.6) is 0 Å². The van der Waals surface area contributed by atoms with E-state index in [0.29, 0.717) is 0 Å². The van der Waals surface area contributed by atoms with Gasteiger partial charge in [-0.1, -0.05) is 18.1 Å². The summed E-state index contributed by atoms with van der Waals surface area (Å²) in [7, 11) is 0. The van der Waals surface area contributed by atoms with E-state index < -0.39 is 11.2 Å². The van der Waals surface area contributed by atoms with Gasteiger partial charge in [0.2, 0.25) is 0 Å². The fourth-order valence-corrected chi connectivity index (χ4v) is 1.64. The lowest BCUT2D eigenvalue weighted by atomic mass is 10.2. The third kappa shape index (κ3) is 2.99. The van der Waals surface area contributed by atoms with Crippen molar-refractivity contribution in [3.8, 4) is 11.8 Å². The Morgan fingerprint density at radius 3 is 2.58 bits per heavy atom. The maximum atomic E-state index is 12.8. The van der Waals surface area contributed by atoms with E-state index in [2.05, 4.69) is 16.8 Å². The molecule has 1 aromatic carbocycles. The number of nitrogens with one attached hydrogen (secondary N) is 1. The molecule has 0 radical (unpaired) electrons. The van der Waals surface area contributed by atoms with Gasteiger partial charge in [0.05, 0.1) is 6.54 Å². The predicted molar refractivity (Wildman–Crippen MR) is 69.4 cm³/mol. The quantitative estimate of drug-likeness (QED) is 0.820. The Bertz CT molecular complexity index is 761. The first-order valence-electron chi connectivity index (χ1n) is 5.61. The maximum absolute atomic E-state index is 12.8. The molecule has 0 unspecified atom stereocenters. The number of aromatic amines is 1. The molecule has 96 valence electrons. The monoisotopic (exact) mass is 258 g/mol. The minimum Gasteiger partial charge on any atom is -0.295 e. The third-order valence-electron chi connectivity index (χ3n) is 2.54. The van der Waals surface area contributed by atoms with Gasteiger partial charge in [-0.3, -0.25) is 14.3 Å². The summed E-state index contributed by atoms with van der Waals surface area (Å²) in [6.07, 6.45) is 1.40. The van der Waals surface area contributed by atoms with Crippen molar-refractivity contribution in [3.05, 3.63) is 68.2 Å². The van der Waals surface area contributed by atoms with E-state index in [0.717, 1.165) is 5.56 Å². The molecule has 0 saturated heterocycles. The summed E-state index contributed by atoms with van der Waals surface area (Å²) in [6.45, 7) is 1.85. The molecule has 0 bridgehead atoms. The third-order valence-corrected chi connectivity index (χ3v) is 2.54. The summed E-state index contributed by atoms with van der Waals surface area (Å²) in [5.41, 5.74) is -0.0409. The molecule has 2 rings (SSSR count). The van der Waals surface area contributed by atoms with Crippen LogP contribution < -0.4 is 11.2 Å². The van der Waals surface area contributed by atoms with Gasteiger partial charge in [-0.2, -0.15) is 0 Å². The molecule has 0 saturated carbocycles. The number of halogens is 1. The van der Waals surface area contributed by atoms with Crippen molar-refractivity contribution in [1.82, 2.24) is 9.55 Å². The average Bonchev–Trinajstić information content (AvgIpc) is 2.38. The zero-order chi connectivity index (χ0) is 13.8. The zero-order valence-electron chi connectivity index (χ0n) is 10.2. The van der Waals surface area contributed by atoms with Crippen LogP contribution in [0.25, 0.3) is 0 Å². The number of rotatable bonds is 2. The fourth-order valence-electron chi connectivity index (χ4n) is 1.64. The number of aromatic nitrogens is 2. The number of H-pyrrole nitrogens is 1. The van der Waals surface area contributed by atoms with Crippen molar-refractivity contribution in [2.24, 2.45) is 0 Å². The lowest BCUT2D eigenvalue weighted by molar-refractivity contribution is 0.625. The van der Waals surface area contributed by atoms with Crippen molar-refractivity contribution in [2.45, 2.75) is 13.5 Å². The molecule has 1 heterocycles. The van der Waals surface area contributed by atoms with E-state index in [1.165, 1.54) is 22.9 Å². The number of hydrogen-bond acceptors (Lipinski definition) is 2. The van der Waals surface area contributed by atoms with E-state index in [-0.39, 0.29) is 17.9 Å². The molecule has 1 aromatic heterocycles. The van der Waals surface area contributed by atoms with Crippen LogP contribution in [0.1, 0.15) is 18.1 Å². The Morgan fingerprint density at radius 1 is 1.26 bits per heavy atom. The second-order valence-corrected chi connectivity index (χ2v) is 3.93. The van der Waals surface area contributed by atoms with E-state index in [1.807, 2.05) is 0 Å². The van der Waals surface area contributed by atoms with Crippen molar-refractivity contribution in [3.63, 3.8) is 0 Å². The van der Waals surface area contributed by atoms with Crippen LogP contribution in [0.15, 0.2) is 40.1 Å². The minimum absolute atomic E-state index is 0.226. The number of hydrogen-bond donors (Lipinski definition) is 1. The molecular formula is C14H11FN2O2. The van der Waals surface area contributed by atoms with Crippen molar-refractivity contribution in [2.75, 3.05) is 0 Å². The molecule has 5 heteroatoms. The van der Waals surface area contributed by atoms with Gasteiger partial charge in [0, 0.05) is 6.20 Å². The first-order chi connectivity index (χ1) is 9.10. The Hall–Kier alpha value is -2.61. The number of nitrogens with zero attached hydrogens (tertiary/aromatic N) is 1. The standard InChI is InChI=1S/C14H11FN2O2/c1-2-3-11-9-17(14(19)16-13(11)18)8-10-4-6-12(15)7-5-10/h4-7,9H,8H2,1H3,(H,16,18,19). The second kappa shape index (κ2) is 5.36. The molecule has 19 heavy (non-hydrogen) atoms. The topological polar surface area (TPSA) is 54.9 Å². The highest BCUT2D eigenvalue weighted by atomic mass is 19.1. The van der Waals surface area contributed by atoms with Crippen LogP contribution in [0.4, 0.5) is 4.39 Å². The Balaban J connectivity index is 2.41. The molecule has 4 nitrogen and oxygen atoms in total. The molecule has 1 N–H and O–H groups in total. The molecule has 0 aliphatic carbocycles. The summed E-state index contributed by atoms with van der Waals surface area (Å²) < 4.78 is 14.1. The molecule has 0 atom stereocenters. The van der Waals surface area contributed by atoms with Crippen LogP contribution in [0.2, 0.25) is 0 Å².